The predicted octanol–water partition coefficient (Wildman–Crippen LogP) is 10.00. The summed E-state index contributed by atoms with van der Waals surface area (Å²) >= 11 is -2.36. The molecule has 0 aliphatic heterocycles. The van der Waals surface area contributed by atoms with Crippen molar-refractivity contribution >= 4 is 12.6 Å². The maximum Gasteiger partial charge on any atom is -0.0184 e. The third-order valence-corrected chi connectivity index (χ3v) is 23.9. The zero-order valence-electron chi connectivity index (χ0n) is 27.1. The molecule has 2 aliphatic rings. The third-order valence-electron chi connectivity index (χ3n) is 9.89. The molecular weight excluding hydrogens is 558 g/mol. The van der Waals surface area contributed by atoms with Gasteiger partial charge in [-0.25, -0.2) is 0 Å². The average molecular weight is 614 g/mol. The summed E-state index contributed by atoms with van der Waals surface area (Å²) in [6.07, 6.45) is 14.4. The molecule has 1 N–H and O–H groups in total. The van der Waals surface area contributed by atoms with Gasteiger partial charge in [-0.05, 0) is 11.1 Å². The second-order valence-electron chi connectivity index (χ2n) is 13.0. The van der Waals surface area contributed by atoms with E-state index >= 15 is 0 Å². The Morgan fingerprint density at radius 2 is 1.02 bits per heavy atom. The van der Waals surface area contributed by atoms with E-state index in [4.69, 9.17) is 0 Å². The van der Waals surface area contributed by atoms with Crippen LogP contribution in [0.25, 0.3) is 11.1 Å². The second kappa shape index (κ2) is 16.8. The normalized spacial score (nSPS) is 20.6. The SMILES string of the molecule is CC1=C(C)C(C)[C]([Ti]([CH3])([NH]C2CCCCCCCCCC2)[SiH2]c2ccccc2)=C1C.c1ccc(-c2ccccc2)cc1. The molecule has 3 heteroatoms. The Morgan fingerprint density at radius 3 is 1.45 bits per heavy atom. The van der Waals surface area contributed by atoms with Crippen molar-refractivity contribution in [3.8, 4) is 11.1 Å². The van der Waals surface area contributed by atoms with Crippen molar-refractivity contribution < 1.29 is 16.1 Å². The Morgan fingerprint density at radius 1 is 0.595 bits per heavy atom. The van der Waals surface area contributed by atoms with E-state index in [0.29, 0.717) is 5.92 Å². The molecule has 2 aliphatic carbocycles. The zero-order chi connectivity index (χ0) is 29.8. The number of nitrogens with one attached hydrogen (secondary N) is 1. The van der Waals surface area contributed by atoms with Gasteiger partial charge in [0.25, 0.3) is 0 Å². The molecule has 3 aromatic carbocycles. The van der Waals surface area contributed by atoms with Crippen LogP contribution in [-0.2, 0) is 16.1 Å². The maximum atomic E-state index is 4.53. The molecule has 0 spiro atoms. The first-order chi connectivity index (χ1) is 20.4. The van der Waals surface area contributed by atoms with Gasteiger partial charge in [-0.1, -0.05) is 60.7 Å². The molecular formula is C39H55NSiTi. The van der Waals surface area contributed by atoms with Crippen molar-refractivity contribution in [3.63, 3.8) is 0 Å². The molecule has 0 aromatic heterocycles. The summed E-state index contributed by atoms with van der Waals surface area (Å²) in [4.78, 5) is 0. The summed E-state index contributed by atoms with van der Waals surface area (Å²) in [5.41, 5.74) is 7.41. The summed E-state index contributed by atoms with van der Waals surface area (Å²) in [5, 5.41) is 4.41. The Labute approximate surface area is 263 Å². The number of benzene rings is 3. The minimum absolute atomic E-state index is 0.328. The van der Waals surface area contributed by atoms with Gasteiger partial charge in [0.2, 0.25) is 0 Å². The van der Waals surface area contributed by atoms with E-state index in [1.165, 1.54) is 75.3 Å². The molecule has 2 unspecified atom stereocenters. The van der Waals surface area contributed by atoms with Crippen LogP contribution >= 0.6 is 0 Å². The van der Waals surface area contributed by atoms with Gasteiger partial charge < -0.3 is 0 Å². The van der Waals surface area contributed by atoms with Crippen molar-refractivity contribution in [1.82, 2.24) is 3.80 Å². The van der Waals surface area contributed by atoms with Gasteiger partial charge in [-0.15, -0.1) is 0 Å². The van der Waals surface area contributed by atoms with Crippen LogP contribution in [0.5, 0.6) is 0 Å². The molecule has 5 rings (SSSR count). The molecule has 0 heterocycles. The first kappa shape index (κ1) is 32.9. The molecule has 0 radical (unpaired) electrons. The predicted molar refractivity (Wildman–Crippen MR) is 186 cm³/mol. The Hall–Kier alpha value is -1.97. The average Bonchev–Trinajstić information content (AvgIpc) is 3.18. The van der Waals surface area contributed by atoms with Gasteiger partial charge in [0, 0.05) is 0 Å². The van der Waals surface area contributed by atoms with Crippen LogP contribution in [-0.4, -0.2) is 13.4 Å². The van der Waals surface area contributed by atoms with Gasteiger partial charge in [0.1, 0.15) is 0 Å². The number of hydrogen-bond donors (Lipinski definition) is 1. The summed E-state index contributed by atoms with van der Waals surface area (Å²) in [6, 6.07) is 33.0. The smallest absolute Gasteiger partial charge is 0.0184 e. The quantitative estimate of drug-likeness (QED) is 0.273. The maximum absolute atomic E-state index is 4.53. The van der Waals surface area contributed by atoms with E-state index in [1.54, 1.807) is 21.9 Å². The van der Waals surface area contributed by atoms with E-state index in [9.17, 15) is 0 Å². The van der Waals surface area contributed by atoms with Crippen molar-refractivity contribution in [3.05, 3.63) is 112 Å². The molecule has 1 saturated carbocycles. The van der Waals surface area contributed by atoms with Crippen LogP contribution in [0.2, 0.25) is 5.23 Å². The molecule has 3 aromatic rings. The Bertz CT molecular complexity index is 1230. The molecule has 2 atom stereocenters. The van der Waals surface area contributed by atoms with Crippen molar-refractivity contribution in [2.24, 2.45) is 5.92 Å². The van der Waals surface area contributed by atoms with Gasteiger partial charge in [0.05, 0.1) is 0 Å². The molecule has 0 amide bonds. The summed E-state index contributed by atoms with van der Waals surface area (Å²) in [6.45, 7) is 9.68. The number of hydrogen-bond acceptors (Lipinski definition) is 1. The van der Waals surface area contributed by atoms with Crippen LogP contribution in [0.3, 0.4) is 0 Å². The first-order valence-corrected chi connectivity index (χ1v) is 24.5. The molecule has 224 valence electrons. The zero-order valence-corrected chi connectivity index (χ0v) is 30.1. The van der Waals surface area contributed by atoms with E-state index in [1.807, 2.05) is 16.0 Å². The van der Waals surface area contributed by atoms with Crippen LogP contribution in [0.15, 0.2) is 112 Å². The Kier molecular flexibility index (Phi) is 13.1. The fourth-order valence-electron chi connectivity index (χ4n) is 7.33. The van der Waals surface area contributed by atoms with Gasteiger partial charge >= 0.3 is 192 Å². The monoisotopic (exact) mass is 613 g/mol. The van der Waals surface area contributed by atoms with Crippen molar-refractivity contribution in [1.29, 1.82) is 0 Å². The van der Waals surface area contributed by atoms with Crippen LogP contribution in [0.4, 0.5) is 0 Å². The fourth-order valence-corrected chi connectivity index (χ4v) is 24.3. The van der Waals surface area contributed by atoms with Gasteiger partial charge in [-0.3, -0.25) is 0 Å². The third kappa shape index (κ3) is 9.26. The van der Waals surface area contributed by atoms with Gasteiger partial charge in [-0.2, -0.15) is 0 Å². The standard InChI is InChI=1S/C12H10.C11H22N.C9H13.C6H7Si.CH3.Ti/c1-3-7-11(8-4-1)12-9-5-2-6-10-12;12-11-9-7-5-3-1-2-4-6-8-10-11;1-6-5-7(2)9(4)8(6)3;7-6-4-2-1-3-5-6;;/h1-10H;11-12H,1-10H2;6H,1-4H3;1-5H,7H2;1H3;/q;-1;;;;+1. The summed E-state index contributed by atoms with van der Waals surface area (Å²) in [7, 11) is -0.328. The second-order valence-corrected chi connectivity index (χ2v) is 27.2. The van der Waals surface area contributed by atoms with Crippen LogP contribution < -0.4 is 8.99 Å². The van der Waals surface area contributed by atoms with Crippen LogP contribution in [0.1, 0.15) is 91.9 Å². The minimum Gasteiger partial charge on any atom is -0.0622 e. The van der Waals surface area contributed by atoms with Crippen molar-refractivity contribution in [2.75, 3.05) is 0 Å². The van der Waals surface area contributed by atoms with Crippen molar-refractivity contribution in [2.45, 2.75) is 103 Å². The van der Waals surface area contributed by atoms with Gasteiger partial charge in [0.15, 0.2) is 0 Å². The minimum atomic E-state index is -2.36. The molecule has 0 saturated heterocycles. The topological polar surface area (TPSA) is 12.0 Å². The van der Waals surface area contributed by atoms with E-state index < -0.39 is 16.1 Å². The van der Waals surface area contributed by atoms with Crippen LogP contribution in [0, 0.1) is 5.92 Å². The number of rotatable bonds is 6. The molecule has 1 nitrogen and oxygen atoms in total. The molecule has 1 fully saturated rings. The summed E-state index contributed by atoms with van der Waals surface area (Å²) < 4.78 is 6.41. The summed E-state index contributed by atoms with van der Waals surface area (Å²) in [5.74, 6) is 0.654. The first-order valence-electron chi connectivity index (χ1n) is 16.7. The Balaban J connectivity index is 0.000000279. The fraction of sp³-hybridized carbons (Fsp3) is 0.436. The van der Waals surface area contributed by atoms with E-state index in [0.717, 1.165) is 6.04 Å². The molecule has 42 heavy (non-hydrogen) atoms. The van der Waals surface area contributed by atoms with E-state index in [-0.39, 0.29) is 7.39 Å². The van der Waals surface area contributed by atoms with E-state index in [2.05, 4.69) is 116 Å². The number of allylic oxidation sites excluding steroid dienone is 4. The largest absolute Gasteiger partial charge is 0.0622 e. The molecule has 0 bridgehead atoms.